The maximum Gasteiger partial charge on any atom is 0.118 e. The number of hydrogen-bond acceptors (Lipinski definition) is 4. The van der Waals surface area contributed by atoms with Crippen molar-refractivity contribution >= 4 is 0 Å². The van der Waals surface area contributed by atoms with Gasteiger partial charge in [0.2, 0.25) is 0 Å². The summed E-state index contributed by atoms with van der Waals surface area (Å²) in [6.07, 6.45) is 8.41. The molecule has 1 heterocycles. The number of nitrogens with one attached hydrogen (secondary N) is 1. The second-order valence-corrected chi connectivity index (χ2v) is 6.75. The van der Waals surface area contributed by atoms with Crippen molar-refractivity contribution in [2.24, 2.45) is 5.92 Å². The van der Waals surface area contributed by atoms with E-state index in [4.69, 9.17) is 9.47 Å². The Labute approximate surface area is 145 Å². The summed E-state index contributed by atoms with van der Waals surface area (Å²) in [7, 11) is 1.72. The lowest BCUT2D eigenvalue weighted by Gasteiger charge is -2.35. The Balaban J connectivity index is 1.61. The Morgan fingerprint density at radius 1 is 1.21 bits per heavy atom. The maximum atomic E-state index is 5.53. The van der Waals surface area contributed by atoms with Crippen LogP contribution in [0.5, 0.6) is 5.75 Å². The van der Waals surface area contributed by atoms with E-state index < -0.39 is 0 Å². The van der Waals surface area contributed by atoms with Crippen molar-refractivity contribution in [1.29, 1.82) is 0 Å². The first-order chi connectivity index (χ1) is 11.9. The van der Waals surface area contributed by atoms with Crippen LogP contribution in [0.1, 0.15) is 30.9 Å². The highest BCUT2D eigenvalue weighted by atomic mass is 16.5. The van der Waals surface area contributed by atoms with Gasteiger partial charge in [-0.2, -0.15) is 0 Å². The molecule has 24 heavy (non-hydrogen) atoms. The van der Waals surface area contributed by atoms with Crippen LogP contribution in [0.2, 0.25) is 0 Å². The molecule has 4 nitrogen and oxygen atoms in total. The zero-order valence-electron chi connectivity index (χ0n) is 14.7. The zero-order chi connectivity index (χ0) is 16.6. The molecule has 1 fully saturated rings. The first-order valence-corrected chi connectivity index (χ1v) is 9.18. The normalized spacial score (nSPS) is 23.1. The second-order valence-electron chi connectivity index (χ2n) is 6.75. The summed E-state index contributed by atoms with van der Waals surface area (Å²) >= 11 is 0. The van der Waals surface area contributed by atoms with Crippen molar-refractivity contribution in [3.63, 3.8) is 0 Å². The number of rotatable bonds is 7. The third-order valence-corrected chi connectivity index (χ3v) is 5.14. The lowest BCUT2D eigenvalue weighted by molar-refractivity contribution is 0.0160. The van der Waals surface area contributed by atoms with Crippen molar-refractivity contribution in [2.45, 2.75) is 25.3 Å². The van der Waals surface area contributed by atoms with E-state index in [-0.39, 0.29) is 0 Å². The van der Waals surface area contributed by atoms with Gasteiger partial charge in [-0.15, -0.1) is 0 Å². The van der Waals surface area contributed by atoms with E-state index in [1.54, 1.807) is 7.11 Å². The van der Waals surface area contributed by atoms with E-state index in [1.807, 2.05) is 0 Å². The van der Waals surface area contributed by atoms with Gasteiger partial charge < -0.3 is 14.8 Å². The Morgan fingerprint density at radius 3 is 2.67 bits per heavy atom. The molecule has 4 heteroatoms. The molecule has 2 unspecified atom stereocenters. The van der Waals surface area contributed by atoms with Gasteiger partial charge in [0, 0.05) is 25.7 Å². The summed E-state index contributed by atoms with van der Waals surface area (Å²) in [5, 5.41) is 3.73. The van der Waals surface area contributed by atoms with Crippen molar-refractivity contribution < 1.29 is 9.47 Å². The van der Waals surface area contributed by atoms with Crippen molar-refractivity contribution in [3.05, 3.63) is 42.0 Å². The van der Waals surface area contributed by atoms with E-state index in [0.29, 0.717) is 6.04 Å². The van der Waals surface area contributed by atoms with Gasteiger partial charge in [-0.05, 0) is 49.4 Å². The second kappa shape index (κ2) is 9.21. The fourth-order valence-corrected chi connectivity index (χ4v) is 3.64. The molecule has 1 aliphatic heterocycles. The summed E-state index contributed by atoms with van der Waals surface area (Å²) in [6.45, 7) is 5.78. The van der Waals surface area contributed by atoms with Crippen LogP contribution >= 0.6 is 0 Å². The molecule has 1 aliphatic carbocycles. The van der Waals surface area contributed by atoms with Gasteiger partial charge in [0.25, 0.3) is 0 Å². The standard InChI is InChI=1S/C20H30N2O2/c1-23-19-9-7-18(8-10-19)20(22-11-13-24-14-12-22)16-21-15-17-5-3-2-4-6-17/h2-3,7-10,17,20-21H,4-6,11-16H2,1H3. The summed E-state index contributed by atoms with van der Waals surface area (Å²) < 4.78 is 10.8. The molecule has 1 aromatic rings. The van der Waals surface area contributed by atoms with Crippen LogP contribution in [-0.2, 0) is 4.74 Å². The third-order valence-electron chi connectivity index (χ3n) is 5.14. The number of morpholine rings is 1. The predicted octanol–water partition coefficient (Wildman–Crippen LogP) is 3.01. The van der Waals surface area contributed by atoms with Crippen LogP contribution in [-0.4, -0.2) is 51.4 Å². The van der Waals surface area contributed by atoms with E-state index >= 15 is 0 Å². The molecule has 2 atom stereocenters. The summed E-state index contributed by atoms with van der Waals surface area (Å²) in [5.41, 5.74) is 1.36. The van der Waals surface area contributed by atoms with Crippen LogP contribution in [0.25, 0.3) is 0 Å². The van der Waals surface area contributed by atoms with Gasteiger partial charge in [-0.1, -0.05) is 24.3 Å². The molecule has 1 N–H and O–H groups in total. The minimum Gasteiger partial charge on any atom is -0.497 e. The molecule has 0 spiro atoms. The molecule has 3 rings (SSSR count). The largest absolute Gasteiger partial charge is 0.497 e. The fourth-order valence-electron chi connectivity index (χ4n) is 3.64. The lowest BCUT2D eigenvalue weighted by Crippen LogP contribution is -2.43. The average molecular weight is 330 g/mol. The molecule has 2 aliphatic rings. The van der Waals surface area contributed by atoms with Gasteiger partial charge in [0.15, 0.2) is 0 Å². The number of methoxy groups -OCH3 is 1. The molecular weight excluding hydrogens is 300 g/mol. The Kier molecular flexibility index (Phi) is 6.70. The first-order valence-electron chi connectivity index (χ1n) is 9.18. The Hall–Kier alpha value is -1.36. The smallest absolute Gasteiger partial charge is 0.118 e. The topological polar surface area (TPSA) is 33.7 Å². The van der Waals surface area contributed by atoms with Gasteiger partial charge >= 0.3 is 0 Å². The monoisotopic (exact) mass is 330 g/mol. The summed E-state index contributed by atoms with van der Waals surface area (Å²) in [5.74, 6) is 1.71. The maximum absolute atomic E-state index is 5.53. The molecule has 132 valence electrons. The van der Waals surface area contributed by atoms with Crippen LogP contribution in [0, 0.1) is 5.92 Å². The molecule has 0 bridgehead atoms. The summed E-state index contributed by atoms with van der Waals surface area (Å²) in [6, 6.07) is 8.93. The number of benzene rings is 1. The van der Waals surface area contributed by atoms with E-state index in [9.17, 15) is 0 Å². The average Bonchev–Trinajstić information content (AvgIpc) is 2.67. The zero-order valence-corrected chi connectivity index (χ0v) is 14.7. The number of hydrogen-bond donors (Lipinski definition) is 1. The molecular formula is C20H30N2O2. The van der Waals surface area contributed by atoms with E-state index in [1.165, 1.54) is 24.8 Å². The lowest BCUT2D eigenvalue weighted by atomic mass is 9.94. The van der Waals surface area contributed by atoms with Crippen molar-refractivity contribution in [1.82, 2.24) is 10.2 Å². The number of ether oxygens (including phenoxy) is 2. The van der Waals surface area contributed by atoms with E-state index in [0.717, 1.165) is 51.1 Å². The van der Waals surface area contributed by atoms with Crippen molar-refractivity contribution in [3.8, 4) is 5.75 Å². The molecule has 0 saturated carbocycles. The first kappa shape index (κ1) is 17.5. The van der Waals surface area contributed by atoms with E-state index in [2.05, 4.69) is 46.6 Å². The molecule has 0 aromatic heterocycles. The minimum atomic E-state index is 0.402. The van der Waals surface area contributed by atoms with Gasteiger partial charge in [-0.3, -0.25) is 4.90 Å². The van der Waals surface area contributed by atoms with Gasteiger partial charge in [0.05, 0.1) is 20.3 Å². The van der Waals surface area contributed by atoms with Gasteiger partial charge in [-0.25, -0.2) is 0 Å². The van der Waals surface area contributed by atoms with Crippen LogP contribution in [0.4, 0.5) is 0 Å². The molecule has 1 aromatic carbocycles. The molecule has 1 saturated heterocycles. The summed E-state index contributed by atoms with van der Waals surface area (Å²) in [4.78, 5) is 2.54. The fraction of sp³-hybridized carbons (Fsp3) is 0.600. The van der Waals surface area contributed by atoms with Crippen LogP contribution in [0.3, 0.4) is 0 Å². The number of nitrogens with zero attached hydrogens (tertiary/aromatic N) is 1. The SMILES string of the molecule is COc1ccc(C(CNCC2CC=CCC2)N2CCOCC2)cc1. The van der Waals surface area contributed by atoms with Crippen LogP contribution < -0.4 is 10.1 Å². The third kappa shape index (κ3) is 4.82. The highest BCUT2D eigenvalue weighted by molar-refractivity contribution is 5.29. The highest BCUT2D eigenvalue weighted by Crippen LogP contribution is 2.24. The van der Waals surface area contributed by atoms with Gasteiger partial charge in [0.1, 0.15) is 5.75 Å². The Bertz CT molecular complexity index is 509. The quantitative estimate of drug-likeness (QED) is 0.779. The minimum absolute atomic E-state index is 0.402. The highest BCUT2D eigenvalue weighted by Gasteiger charge is 2.23. The predicted molar refractivity (Wildman–Crippen MR) is 97.5 cm³/mol. The Morgan fingerprint density at radius 2 is 2.00 bits per heavy atom. The molecule has 0 radical (unpaired) electrons. The molecule has 0 amide bonds. The van der Waals surface area contributed by atoms with Crippen LogP contribution in [0.15, 0.2) is 36.4 Å². The van der Waals surface area contributed by atoms with Crippen molar-refractivity contribution in [2.75, 3.05) is 46.5 Å². The number of allylic oxidation sites excluding steroid dienone is 2.